The molecule has 27 heavy (non-hydrogen) atoms. The molecule has 0 aliphatic carbocycles. The zero-order chi connectivity index (χ0) is 19.0. The number of aryl methyl sites for hydroxylation is 3. The standard InChI is InChI=1S/C21H24N4O2/c1-14-6-4-7-15(2)21(14)27-13-20(26)24-11-5-8-17(24)18-9-10-22-19-12-16(3)23-25(18)19/h4,6-7,9-10,12,17H,5,8,11,13H2,1-3H3/t17-/m0/s1. The lowest BCUT2D eigenvalue weighted by Gasteiger charge is -2.25. The predicted molar refractivity (Wildman–Crippen MR) is 103 cm³/mol. The van der Waals surface area contributed by atoms with Gasteiger partial charge in [0.1, 0.15) is 5.75 Å². The molecule has 2 aromatic heterocycles. The van der Waals surface area contributed by atoms with E-state index in [-0.39, 0.29) is 18.6 Å². The van der Waals surface area contributed by atoms with Crippen LogP contribution in [0.15, 0.2) is 36.5 Å². The molecule has 140 valence electrons. The van der Waals surface area contributed by atoms with E-state index in [0.29, 0.717) is 0 Å². The molecule has 0 saturated carbocycles. The van der Waals surface area contributed by atoms with Crippen LogP contribution in [0.4, 0.5) is 0 Å². The van der Waals surface area contributed by atoms with E-state index in [2.05, 4.69) is 10.1 Å². The Labute approximate surface area is 158 Å². The number of hydrogen-bond donors (Lipinski definition) is 0. The summed E-state index contributed by atoms with van der Waals surface area (Å²) in [6.45, 7) is 6.74. The summed E-state index contributed by atoms with van der Waals surface area (Å²) in [6.07, 6.45) is 3.69. The van der Waals surface area contributed by atoms with Crippen molar-refractivity contribution in [3.63, 3.8) is 0 Å². The van der Waals surface area contributed by atoms with Gasteiger partial charge in [-0.3, -0.25) is 4.79 Å². The summed E-state index contributed by atoms with van der Waals surface area (Å²) in [4.78, 5) is 19.2. The summed E-state index contributed by atoms with van der Waals surface area (Å²) in [5, 5.41) is 4.55. The zero-order valence-corrected chi connectivity index (χ0v) is 16.0. The van der Waals surface area contributed by atoms with Gasteiger partial charge in [-0.05, 0) is 50.8 Å². The molecule has 1 aliphatic heterocycles. The van der Waals surface area contributed by atoms with Gasteiger partial charge in [0.05, 0.1) is 17.4 Å². The molecular weight excluding hydrogens is 340 g/mol. The summed E-state index contributed by atoms with van der Waals surface area (Å²) in [5.74, 6) is 0.810. The number of aromatic nitrogens is 3. The van der Waals surface area contributed by atoms with E-state index in [1.807, 2.05) is 60.5 Å². The number of nitrogens with zero attached hydrogens (tertiary/aromatic N) is 4. The highest BCUT2D eigenvalue weighted by molar-refractivity contribution is 5.78. The van der Waals surface area contributed by atoms with E-state index < -0.39 is 0 Å². The highest BCUT2D eigenvalue weighted by Crippen LogP contribution is 2.32. The number of hydrogen-bond acceptors (Lipinski definition) is 4. The fourth-order valence-electron chi connectivity index (χ4n) is 3.90. The molecule has 3 heterocycles. The first kappa shape index (κ1) is 17.5. The fraction of sp³-hybridized carbons (Fsp3) is 0.381. The Bertz CT molecular complexity index is 975. The third-order valence-corrected chi connectivity index (χ3v) is 5.17. The third-order valence-electron chi connectivity index (χ3n) is 5.17. The Morgan fingerprint density at radius 2 is 2.00 bits per heavy atom. The van der Waals surface area contributed by atoms with Crippen LogP contribution in [0.25, 0.3) is 5.65 Å². The van der Waals surface area contributed by atoms with Crippen molar-refractivity contribution in [2.45, 2.75) is 39.7 Å². The molecule has 3 aromatic rings. The predicted octanol–water partition coefficient (Wildman–Crippen LogP) is 3.40. The number of likely N-dealkylation sites (tertiary alicyclic amines) is 1. The van der Waals surface area contributed by atoms with E-state index >= 15 is 0 Å². The zero-order valence-electron chi connectivity index (χ0n) is 16.0. The first-order chi connectivity index (χ1) is 13.0. The van der Waals surface area contributed by atoms with Crippen LogP contribution < -0.4 is 4.74 Å². The number of amides is 1. The molecule has 0 N–H and O–H groups in total. The topological polar surface area (TPSA) is 59.7 Å². The average molecular weight is 364 g/mol. The van der Waals surface area contributed by atoms with Crippen molar-refractivity contribution in [2.75, 3.05) is 13.2 Å². The fourth-order valence-corrected chi connectivity index (χ4v) is 3.90. The number of fused-ring (bicyclic) bond motifs is 1. The highest BCUT2D eigenvalue weighted by Gasteiger charge is 2.32. The molecule has 6 heteroatoms. The molecule has 1 saturated heterocycles. The maximum Gasteiger partial charge on any atom is 0.261 e. The van der Waals surface area contributed by atoms with Gasteiger partial charge in [-0.2, -0.15) is 5.10 Å². The Morgan fingerprint density at radius 3 is 2.78 bits per heavy atom. The number of carbonyl (C=O) groups excluding carboxylic acids is 1. The van der Waals surface area contributed by atoms with Crippen molar-refractivity contribution in [3.05, 3.63) is 59.0 Å². The van der Waals surface area contributed by atoms with Gasteiger partial charge in [0.25, 0.3) is 5.91 Å². The van der Waals surface area contributed by atoms with E-state index in [1.165, 1.54) is 0 Å². The minimum Gasteiger partial charge on any atom is -0.483 e. The van der Waals surface area contributed by atoms with Gasteiger partial charge in [0.2, 0.25) is 0 Å². The molecule has 1 aliphatic rings. The van der Waals surface area contributed by atoms with Crippen LogP contribution in [-0.4, -0.2) is 38.6 Å². The summed E-state index contributed by atoms with van der Waals surface area (Å²) < 4.78 is 7.75. The van der Waals surface area contributed by atoms with Gasteiger partial charge in [-0.1, -0.05) is 18.2 Å². The van der Waals surface area contributed by atoms with E-state index in [4.69, 9.17) is 4.74 Å². The Balaban J connectivity index is 1.55. The quantitative estimate of drug-likeness (QED) is 0.712. The molecule has 4 rings (SSSR count). The molecule has 1 atom stereocenters. The second kappa shape index (κ2) is 7.02. The number of carbonyl (C=O) groups is 1. The van der Waals surface area contributed by atoms with Crippen LogP contribution in [0.3, 0.4) is 0 Å². The molecule has 1 amide bonds. The Kier molecular flexibility index (Phi) is 4.56. The van der Waals surface area contributed by atoms with Gasteiger partial charge in [-0.25, -0.2) is 9.50 Å². The minimum atomic E-state index is 0.00358. The SMILES string of the molecule is Cc1cc2nccc([C@@H]3CCCN3C(=O)COc3c(C)cccc3C)n2n1. The van der Waals surface area contributed by atoms with Crippen LogP contribution >= 0.6 is 0 Å². The molecule has 1 aromatic carbocycles. The lowest BCUT2D eigenvalue weighted by molar-refractivity contribution is -0.134. The van der Waals surface area contributed by atoms with E-state index in [9.17, 15) is 4.79 Å². The monoisotopic (exact) mass is 364 g/mol. The van der Waals surface area contributed by atoms with Crippen LogP contribution in [0, 0.1) is 20.8 Å². The molecule has 6 nitrogen and oxygen atoms in total. The lowest BCUT2D eigenvalue weighted by atomic mass is 10.1. The Hall–Kier alpha value is -2.89. The number of rotatable bonds is 4. The molecule has 0 spiro atoms. The van der Waals surface area contributed by atoms with Crippen LogP contribution in [0.2, 0.25) is 0 Å². The van der Waals surface area contributed by atoms with Crippen molar-refractivity contribution in [3.8, 4) is 5.75 Å². The largest absolute Gasteiger partial charge is 0.483 e. The lowest BCUT2D eigenvalue weighted by Crippen LogP contribution is -2.35. The average Bonchev–Trinajstić information content (AvgIpc) is 3.26. The molecule has 0 unspecified atom stereocenters. The van der Waals surface area contributed by atoms with E-state index in [0.717, 1.165) is 53.3 Å². The van der Waals surface area contributed by atoms with Crippen molar-refractivity contribution >= 4 is 11.6 Å². The summed E-state index contributed by atoms with van der Waals surface area (Å²) >= 11 is 0. The minimum absolute atomic E-state index is 0.00358. The maximum atomic E-state index is 12.9. The first-order valence-electron chi connectivity index (χ1n) is 9.34. The summed E-state index contributed by atoms with van der Waals surface area (Å²) in [6, 6.07) is 9.91. The number of benzene rings is 1. The smallest absolute Gasteiger partial charge is 0.261 e. The summed E-state index contributed by atoms with van der Waals surface area (Å²) in [5.41, 5.74) is 4.83. The van der Waals surface area contributed by atoms with Crippen molar-refractivity contribution in [2.24, 2.45) is 0 Å². The molecule has 0 bridgehead atoms. The second-order valence-corrected chi connectivity index (χ2v) is 7.18. The number of ether oxygens (including phenoxy) is 1. The van der Waals surface area contributed by atoms with Crippen molar-refractivity contribution in [1.82, 2.24) is 19.5 Å². The normalized spacial score (nSPS) is 16.9. The highest BCUT2D eigenvalue weighted by atomic mass is 16.5. The van der Waals surface area contributed by atoms with Gasteiger partial charge in [0, 0.05) is 18.8 Å². The van der Waals surface area contributed by atoms with Gasteiger partial charge in [-0.15, -0.1) is 0 Å². The number of para-hydroxylation sites is 1. The third kappa shape index (κ3) is 3.27. The summed E-state index contributed by atoms with van der Waals surface area (Å²) in [7, 11) is 0. The van der Waals surface area contributed by atoms with Crippen LogP contribution in [-0.2, 0) is 4.79 Å². The maximum absolute atomic E-state index is 12.9. The molecular formula is C21H24N4O2. The van der Waals surface area contributed by atoms with E-state index in [1.54, 1.807) is 6.20 Å². The molecule has 1 fully saturated rings. The van der Waals surface area contributed by atoms with Crippen LogP contribution in [0.5, 0.6) is 5.75 Å². The van der Waals surface area contributed by atoms with Crippen LogP contribution in [0.1, 0.15) is 41.4 Å². The van der Waals surface area contributed by atoms with Crippen molar-refractivity contribution in [1.29, 1.82) is 0 Å². The first-order valence-corrected chi connectivity index (χ1v) is 9.34. The van der Waals surface area contributed by atoms with Gasteiger partial charge in [0.15, 0.2) is 12.3 Å². The van der Waals surface area contributed by atoms with Gasteiger partial charge >= 0.3 is 0 Å². The second-order valence-electron chi connectivity index (χ2n) is 7.18. The van der Waals surface area contributed by atoms with Crippen molar-refractivity contribution < 1.29 is 9.53 Å². The Morgan fingerprint density at radius 1 is 1.22 bits per heavy atom. The molecule has 0 radical (unpaired) electrons. The van der Waals surface area contributed by atoms with Gasteiger partial charge < -0.3 is 9.64 Å².